The van der Waals surface area contributed by atoms with E-state index in [-0.39, 0.29) is 11.4 Å². The summed E-state index contributed by atoms with van der Waals surface area (Å²) in [7, 11) is 0. The van der Waals surface area contributed by atoms with Gasteiger partial charge in [0, 0.05) is 17.5 Å². The van der Waals surface area contributed by atoms with Crippen molar-refractivity contribution in [2.75, 3.05) is 5.88 Å². The zero-order valence-corrected chi connectivity index (χ0v) is 10.9. The van der Waals surface area contributed by atoms with Crippen LogP contribution < -0.4 is 0 Å². The Morgan fingerprint density at radius 3 is 2.25 bits per heavy atom. The van der Waals surface area contributed by atoms with E-state index in [2.05, 4.69) is 0 Å². The highest BCUT2D eigenvalue weighted by atomic mass is 35.5. The van der Waals surface area contributed by atoms with Crippen LogP contribution >= 0.6 is 11.6 Å². The van der Waals surface area contributed by atoms with Crippen LogP contribution in [0.3, 0.4) is 0 Å². The van der Waals surface area contributed by atoms with Crippen molar-refractivity contribution in [3.05, 3.63) is 70.8 Å². The van der Waals surface area contributed by atoms with E-state index >= 15 is 0 Å². The van der Waals surface area contributed by atoms with Crippen LogP contribution in [0.2, 0.25) is 0 Å². The molecule has 0 spiro atoms. The lowest BCUT2D eigenvalue weighted by molar-refractivity contribution is 0.508. The van der Waals surface area contributed by atoms with E-state index in [9.17, 15) is 17.6 Å². The third-order valence-corrected chi connectivity index (χ3v) is 2.99. The summed E-state index contributed by atoms with van der Waals surface area (Å²) in [6.45, 7) is 0. The molecule has 0 saturated carbocycles. The molecule has 104 valence electrons. The van der Waals surface area contributed by atoms with Crippen molar-refractivity contribution in [1.82, 2.24) is 0 Å². The summed E-state index contributed by atoms with van der Waals surface area (Å²) < 4.78 is 52.4. The molecule has 0 amide bonds. The third-order valence-electron chi connectivity index (χ3n) is 2.71. The van der Waals surface area contributed by atoms with E-state index in [1.165, 1.54) is 18.2 Å². The first kappa shape index (κ1) is 14.6. The zero-order chi connectivity index (χ0) is 14.7. The fourth-order valence-corrected chi connectivity index (χ4v) is 1.96. The predicted octanol–water partition coefficient (Wildman–Crippen LogP) is 5.02. The monoisotopic (exact) mass is 300 g/mol. The Labute approximate surface area is 118 Å². The number of rotatable bonds is 3. The minimum absolute atomic E-state index is 0.0540. The molecular weight excluding hydrogens is 292 g/mol. The zero-order valence-electron chi connectivity index (χ0n) is 10.1. The molecule has 2 rings (SSSR count). The van der Waals surface area contributed by atoms with Crippen LogP contribution in [-0.4, -0.2) is 5.88 Å². The van der Waals surface area contributed by atoms with Gasteiger partial charge in [0.15, 0.2) is 11.6 Å². The lowest BCUT2D eigenvalue weighted by atomic mass is 10.0. The molecule has 0 unspecified atom stereocenters. The van der Waals surface area contributed by atoms with Crippen molar-refractivity contribution in [3.63, 3.8) is 0 Å². The second kappa shape index (κ2) is 6.09. The van der Waals surface area contributed by atoms with Crippen LogP contribution in [-0.2, 0) is 0 Å². The van der Waals surface area contributed by atoms with Crippen LogP contribution in [0, 0.1) is 23.3 Å². The second-order valence-corrected chi connectivity index (χ2v) is 4.37. The number of alkyl halides is 1. The maximum Gasteiger partial charge on any atom is 0.159 e. The van der Waals surface area contributed by atoms with Gasteiger partial charge in [-0.25, -0.2) is 17.6 Å². The molecule has 0 aliphatic heterocycles. The Bertz CT molecular complexity index is 665. The smallest absolute Gasteiger partial charge is 0.159 e. The van der Waals surface area contributed by atoms with Gasteiger partial charge in [0.25, 0.3) is 0 Å². The molecule has 0 N–H and O–H groups in total. The first-order valence-electron chi connectivity index (χ1n) is 5.68. The Morgan fingerprint density at radius 1 is 0.900 bits per heavy atom. The number of hydrogen-bond acceptors (Lipinski definition) is 0. The number of halogens is 5. The van der Waals surface area contributed by atoms with Gasteiger partial charge in [0.1, 0.15) is 11.6 Å². The minimum atomic E-state index is -1.01. The summed E-state index contributed by atoms with van der Waals surface area (Å²) >= 11 is 5.74. The van der Waals surface area contributed by atoms with Crippen molar-refractivity contribution in [2.24, 2.45) is 0 Å². The lowest BCUT2D eigenvalue weighted by Crippen LogP contribution is -1.93. The number of benzene rings is 2. The summed E-state index contributed by atoms with van der Waals surface area (Å²) in [6, 6.07) is 6.37. The highest BCUT2D eigenvalue weighted by Gasteiger charge is 2.09. The first-order chi connectivity index (χ1) is 9.51. The van der Waals surface area contributed by atoms with Crippen LogP contribution in [0.1, 0.15) is 11.1 Å². The van der Waals surface area contributed by atoms with Crippen molar-refractivity contribution < 1.29 is 17.6 Å². The predicted molar refractivity (Wildman–Crippen MR) is 71.3 cm³/mol. The van der Waals surface area contributed by atoms with Gasteiger partial charge >= 0.3 is 0 Å². The molecule has 0 radical (unpaired) electrons. The Balaban J connectivity index is 2.45. The van der Waals surface area contributed by atoms with E-state index in [1.807, 2.05) is 0 Å². The van der Waals surface area contributed by atoms with Gasteiger partial charge in [0.2, 0.25) is 0 Å². The number of hydrogen-bond donors (Lipinski definition) is 0. The molecule has 20 heavy (non-hydrogen) atoms. The SMILES string of the molecule is Fc1ccc(C(=Cc2ccc(F)c(F)c2)CCl)c(F)c1. The largest absolute Gasteiger partial charge is 0.207 e. The molecule has 0 heterocycles. The van der Waals surface area contributed by atoms with Gasteiger partial charge < -0.3 is 0 Å². The molecule has 0 aliphatic rings. The fourth-order valence-electron chi connectivity index (χ4n) is 1.74. The molecule has 2 aromatic rings. The maximum atomic E-state index is 13.7. The number of allylic oxidation sites excluding steroid dienone is 1. The average Bonchev–Trinajstić information content (AvgIpc) is 2.41. The molecule has 5 heteroatoms. The van der Waals surface area contributed by atoms with Crippen LogP contribution in [0.4, 0.5) is 17.6 Å². The highest BCUT2D eigenvalue weighted by Crippen LogP contribution is 2.23. The van der Waals surface area contributed by atoms with Gasteiger partial charge in [-0.1, -0.05) is 6.07 Å². The van der Waals surface area contributed by atoms with Crippen molar-refractivity contribution in [1.29, 1.82) is 0 Å². The van der Waals surface area contributed by atoms with E-state index in [1.54, 1.807) is 0 Å². The quantitative estimate of drug-likeness (QED) is 0.424. The van der Waals surface area contributed by atoms with Gasteiger partial charge in [-0.05, 0) is 41.5 Å². The summed E-state index contributed by atoms with van der Waals surface area (Å²) in [5.41, 5.74) is 0.796. The summed E-state index contributed by atoms with van der Waals surface area (Å²) in [5.74, 6) is -3.50. The van der Waals surface area contributed by atoms with Crippen LogP contribution in [0.5, 0.6) is 0 Å². The van der Waals surface area contributed by atoms with Crippen molar-refractivity contribution in [3.8, 4) is 0 Å². The molecule has 0 aliphatic carbocycles. The molecule has 0 bridgehead atoms. The van der Waals surface area contributed by atoms with Crippen LogP contribution in [0.25, 0.3) is 11.6 Å². The Hall–Kier alpha value is -1.81. The van der Waals surface area contributed by atoms with Crippen molar-refractivity contribution >= 4 is 23.3 Å². The highest BCUT2D eigenvalue weighted by molar-refractivity contribution is 6.24. The molecule has 2 aromatic carbocycles. The van der Waals surface area contributed by atoms with Gasteiger partial charge in [-0.3, -0.25) is 0 Å². The summed E-state index contributed by atoms with van der Waals surface area (Å²) in [4.78, 5) is 0. The molecular formula is C15H9ClF4. The molecule has 0 saturated heterocycles. The maximum absolute atomic E-state index is 13.7. The van der Waals surface area contributed by atoms with Crippen molar-refractivity contribution in [2.45, 2.75) is 0 Å². The standard InChI is InChI=1S/C15H9ClF4/c16-8-10(12-3-2-11(17)7-14(12)19)5-9-1-4-13(18)15(20)6-9/h1-7H,8H2. The Morgan fingerprint density at radius 2 is 1.65 bits per heavy atom. The lowest BCUT2D eigenvalue weighted by Gasteiger charge is -2.06. The van der Waals surface area contributed by atoms with Gasteiger partial charge in [-0.15, -0.1) is 11.6 Å². The van der Waals surface area contributed by atoms with E-state index < -0.39 is 23.3 Å². The summed E-state index contributed by atoms with van der Waals surface area (Å²) in [5, 5.41) is 0. The molecule has 0 nitrogen and oxygen atoms in total. The van der Waals surface area contributed by atoms with E-state index in [4.69, 9.17) is 11.6 Å². The average molecular weight is 301 g/mol. The Kier molecular flexibility index (Phi) is 4.45. The van der Waals surface area contributed by atoms with Gasteiger partial charge in [-0.2, -0.15) is 0 Å². The molecule has 0 fully saturated rings. The second-order valence-electron chi connectivity index (χ2n) is 4.10. The normalized spacial score (nSPS) is 11.8. The van der Waals surface area contributed by atoms with Gasteiger partial charge in [0.05, 0.1) is 0 Å². The molecule has 0 aromatic heterocycles. The topological polar surface area (TPSA) is 0 Å². The van der Waals surface area contributed by atoms with E-state index in [0.29, 0.717) is 11.1 Å². The third kappa shape index (κ3) is 3.20. The first-order valence-corrected chi connectivity index (χ1v) is 6.21. The fraction of sp³-hybridized carbons (Fsp3) is 0.0667. The minimum Gasteiger partial charge on any atom is -0.207 e. The van der Waals surface area contributed by atoms with Crippen LogP contribution in [0.15, 0.2) is 36.4 Å². The molecule has 0 atom stereocenters. The van der Waals surface area contributed by atoms with E-state index in [0.717, 1.165) is 24.3 Å². The summed E-state index contributed by atoms with van der Waals surface area (Å²) in [6.07, 6.45) is 1.42.